The maximum absolute atomic E-state index is 12.6. The number of carbonyl (C=O) groups excluding carboxylic acids is 1. The fourth-order valence-corrected chi connectivity index (χ4v) is 4.26. The zero-order valence-corrected chi connectivity index (χ0v) is 18.0. The van der Waals surface area contributed by atoms with Gasteiger partial charge in [0, 0.05) is 36.0 Å². The molecule has 1 aliphatic rings. The van der Waals surface area contributed by atoms with E-state index in [-0.39, 0.29) is 17.2 Å². The first kappa shape index (κ1) is 20.8. The van der Waals surface area contributed by atoms with Crippen molar-refractivity contribution in [1.29, 1.82) is 0 Å². The van der Waals surface area contributed by atoms with Crippen molar-refractivity contribution in [2.24, 2.45) is 11.3 Å². The predicted molar refractivity (Wildman–Crippen MR) is 111 cm³/mol. The molecule has 6 heteroatoms. The summed E-state index contributed by atoms with van der Waals surface area (Å²) in [5.74, 6) is 2.09. The van der Waals surface area contributed by atoms with E-state index in [1.54, 1.807) is 0 Å². The Morgan fingerprint density at radius 3 is 2.68 bits per heavy atom. The summed E-state index contributed by atoms with van der Waals surface area (Å²) < 4.78 is 5.51. The molecule has 1 amide bonds. The van der Waals surface area contributed by atoms with Crippen molar-refractivity contribution in [3.8, 4) is 11.4 Å². The Hall–Kier alpha value is -1.88. The Labute approximate surface area is 172 Å². The van der Waals surface area contributed by atoms with Crippen LogP contribution < -0.4 is 0 Å². The van der Waals surface area contributed by atoms with Crippen LogP contribution in [0.2, 0.25) is 5.02 Å². The third-order valence-electron chi connectivity index (χ3n) is 5.21. The van der Waals surface area contributed by atoms with E-state index in [4.69, 9.17) is 16.1 Å². The highest BCUT2D eigenvalue weighted by Crippen LogP contribution is 2.31. The molecule has 0 saturated carbocycles. The summed E-state index contributed by atoms with van der Waals surface area (Å²) in [6.07, 6.45) is 3.40. The van der Waals surface area contributed by atoms with Gasteiger partial charge in [-0.15, -0.1) is 0 Å². The van der Waals surface area contributed by atoms with Crippen LogP contribution in [0.1, 0.15) is 65.2 Å². The van der Waals surface area contributed by atoms with Crippen LogP contribution in [0.4, 0.5) is 0 Å². The fourth-order valence-electron chi connectivity index (χ4n) is 4.07. The summed E-state index contributed by atoms with van der Waals surface area (Å²) in [6.45, 7) is 10.3. The smallest absolute Gasteiger partial charge is 0.230 e. The molecular formula is C22H30ClN3O2. The molecule has 28 heavy (non-hydrogen) atoms. The van der Waals surface area contributed by atoms with Crippen molar-refractivity contribution in [3.05, 3.63) is 35.2 Å². The van der Waals surface area contributed by atoms with Crippen LogP contribution in [0.25, 0.3) is 11.4 Å². The van der Waals surface area contributed by atoms with Gasteiger partial charge in [0.25, 0.3) is 0 Å². The van der Waals surface area contributed by atoms with Crippen molar-refractivity contribution < 1.29 is 9.32 Å². The van der Waals surface area contributed by atoms with Crippen LogP contribution in [0.15, 0.2) is 28.8 Å². The number of aromatic nitrogens is 2. The third kappa shape index (κ3) is 5.57. The van der Waals surface area contributed by atoms with E-state index in [0.29, 0.717) is 29.1 Å². The van der Waals surface area contributed by atoms with Gasteiger partial charge in [-0.25, -0.2) is 0 Å². The number of rotatable bonds is 5. The Balaban J connectivity index is 1.53. The SMILES string of the molecule is CC(CC(=O)N1CCC(c2nc(-c3cccc(Cl)c3)no2)CC1)CC(C)(C)C. The quantitative estimate of drug-likeness (QED) is 0.655. The topological polar surface area (TPSA) is 59.2 Å². The van der Waals surface area contributed by atoms with Gasteiger partial charge in [-0.3, -0.25) is 4.79 Å². The van der Waals surface area contributed by atoms with E-state index < -0.39 is 0 Å². The summed E-state index contributed by atoms with van der Waals surface area (Å²) >= 11 is 6.04. The molecule has 5 nitrogen and oxygen atoms in total. The van der Waals surface area contributed by atoms with Gasteiger partial charge in [0.15, 0.2) is 0 Å². The van der Waals surface area contributed by atoms with Gasteiger partial charge in [0.1, 0.15) is 0 Å². The van der Waals surface area contributed by atoms with Crippen LogP contribution in [-0.4, -0.2) is 34.0 Å². The second kappa shape index (κ2) is 8.64. The second-order valence-electron chi connectivity index (χ2n) is 9.20. The van der Waals surface area contributed by atoms with Crippen LogP contribution >= 0.6 is 11.6 Å². The minimum atomic E-state index is 0.205. The first-order valence-corrected chi connectivity index (χ1v) is 10.5. The monoisotopic (exact) mass is 403 g/mol. The number of likely N-dealkylation sites (tertiary alicyclic amines) is 1. The summed E-state index contributed by atoms with van der Waals surface area (Å²) in [5, 5.41) is 4.75. The van der Waals surface area contributed by atoms with Crippen molar-refractivity contribution in [2.45, 2.75) is 59.3 Å². The van der Waals surface area contributed by atoms with Crippen LogP contribution in [-0.2, 0) is 4.79 Å². The summed E-state index contributed by atoms with van der Waals surface area (Å²) in [5.41, 5.74) is 1.11. The number of halogens is 1. The predicted octanol–water partition coefficient (Wildman–Crippen LogP) is 5.56. The molecule has 3 rings (SSSR count). The molecule has 0 radical (unpaired) electrons. The van der Waals surface area contributed by atoms with Gasteiger partial charge in [0.05, 0.1) is 0 Å². The van der Waals surface area contributed by atoms with Crippen molar-refractivity contribution >= 4 is 17.5 Å². The molecule has 2 heterocycles. The Morgan fingerprint density at radius 2 is 2.04 bits per heavy atom. The molecule has 1 aromatic heterocycles. The summed E-state index contributed by atoms with van der Waals surface area (Å²) in [6, 6.07) is 7.44. The lowest BCUT2D eigenvalue weighted by atomic mass is 9.84. The fraction of sp³-hybridized carbons (Fsp3) is 0.591. The molecule has 1 fully saturated rings. The lowest BCUT2D eigenvalue weighted by Gasteiger charge is -2.32. The van der Waals surface area contributed by atoms with E-state index in [1.165, 1.54) is 0 Å². The molecule has 0 N–H and O–H groups in total. The minimum absolute atomic E-state index is 0.205. The number of amides is 1. The maximum Gasteiger partial charge on any atom is 0.230 e. The highest BCUT2D eigenvalue weighted by molar-refractivity contribution is 6.30. The lowest BCUT2D eigenvalue weighted by Crippen LogP contribution is -2.38. The molecule has 1 aliphatic heterocycles. The van der Waals surface area contributed by atoms with Crippen LogP contribution in [0, 0.1) is 11.3 Å². The van der Waals surface area contributed by atoms with Crippen LogP contribution in [0.5, 0.6) is 0 Å². The Bertz CT molecular complexity index is 804. The number of hydrogen-bond acceptors (Lipinski definition) is 4. The third-order valence-corrected chi connectivity index (χ3v) is 5.44. The van der Waals surface area contributed by atoms with Crippen molar-refractivity contribution in [1.82, 2.24) is 15.0 Å². The molecule has 1 aromatic carbocycles. The normalized spacial score (nSPS) is 17.0. The Morgan fingerprint density at radius 1 is 1.32 bits per heavy atom. The standard InChI is InChI=1S/C22H30ClN3O2/c1-15(14-22(2,3)4)12-19(27)26-10-8-16(9-11-26)21-24-20(25-28-21)17-6-5-7-18(23)13-17/h5-7,13,15-16H,8-12,14H2,1-4H3. The molecule has 0 aliphatic carbocycles. The van der Waals surface area contributed by atoms with E-state index in [9.17, 15) is 4.79 Å². The molecule has 1 unspecified atom stereocenters. The van der Waals surface area contributed by atoms with Gasteiger partial charge in [-0.05, 0) is 42.7 Å². The van der Waals surface area contributed by atoms with Gasteiger partial charge >= 0.3 is 0 Å². The minimum Gasteiger partial charge on any atom is -0.343 e. The summed E-state index contributed by atoms with van der Waals surface area (Å²) in [7, 11) is 0. The molecule has 0 spiro atoms. The largest absolute Gasteiger partial charge is 0.343 e. The number of benzene rings is 1. The molecule has 2 aromatic rings. The van der Waals surface area contributed by atoms with Crippen LogP contribution in [0.3, 0.4) is 0 Å². The van der Waals surface area contributed by atoms with Crippen molar-refractivity contribution in [3.63, 3.8) is 0 Å². The molecule has 152 valence electrons. The maximum atomic E-state index is 12.6. The van der Waals surface area contributed by atoms with Gasteiger partial charge < -0.3 is 9.42 Å². The number of nitrogens with zero attached hydrogens (tertiary/aromatic N) is 3. The Kier molecular flexibility index (Phi) is 6.43. The van der Waals surface area contributed by atoms with E-state index in [0.717, 1.165) is 37.9 Å². The average molecular weight is 404 g/mol. The molecule has 1 saturated heterocycles. The van der Waals surface area contributed by atoms with Gasteiger partial charge in [-0.1, -0.05) is 56.6 Å². The van der Waals surface area contributed by atoms with E-state index in [2.05, 4.69) is 37.8 Å². The zero-order chi connectivity index (χ0) is 20.3. The van der Waals surface area contributed by atoms with E-state index in [1.807, 2.05) is 29.2 Å². The lowest BCUT2D eigenvalue weighted by molar-refractivity contribution is -0.133. The highest BCUT2D eigenvalue weighted by Gasteiger charge is 2.28. The molecule has 0 bridgehead atoms. The highest BCUT2D eigenvalue weighted by atomic mass is 35.5. The second-order valence-corrected chi connectivity index (χ2v) is 9.63. The molecule has 1 atom stereocenters. The number of piperidine rings is 1. The number of hydrogen-bond donors (Lipinski definition) is 0. The zero-order valence-electron chi connectivity index (χ0n) is 17.2. The van der Waals surface area contributed by atoms with E-state index >= 15 is 0 Å². The van der Waals surface area contributed by atoms with Gasteiger partial charge in [-0.2, -0.15) is 4.98 Å². The first-order chi connectivity index (χ1) is 13.2. The summed E-state index contributed by atoms with van der Waals surface area (Å²) in [4.78, 5) is 19.2. The number of carbonyl (C=O) groups is 1. The first-order valence-electron chi connectivity index (χ1n) is 10.1. The average Bonchev–Trinajstić information content (AvgIpc) is 3.10. The van der Waals surface area contributed by atoms with Gasteiger partial charge in [0.2, 0.25) is 17.6 Å². The molecular weight excluding hydrogens is 374 g/mol. The van der Waals surface area contributed by atoms with Crippen molar-refractivity contribution in [2.75, 3.05) is 13.1 Å².